The average Bonchev–Trinajstić information content (AvgIpc) is 3.00. The Hall–Kier alpha value is -3.16. The fourth-order valence-electron chi connectivity index (χ4n) is 2.68. The van der Waals surface area contributed by atoms with Crippen LogP contribution in [0.25, 0.3) is 10.8 Å². The molecule has 0 atom stereocenters. The van der Waals surface area contributed by atoms with Crippen LogP contribution in [-0.4, -0.2) is 32.9 Å². The minimum Gasteiger partial charge on any atom is -0.321 e. The van der Waals surface area contributed by atoms with E-state index < -0.39 is 0 Å². The molecule has 26 heavy (non-hydrogen) atoms. The van der Waals surface area contributed by atoms with Crippen molar-refractivity contribution in [2.24, 2.45) is 0 Å². The molecule has 0 aliphatic carbocycles. The summed E-state index contributed by atoms with van der Waals surface area (Å²) in [6.07, 6.45) is 0. The number of fused-ring (bicyclic) bond motifs is 1. The summed E-state index contributed by atoms with van der Waals surface area (Å²) >= 11 is 0. The number of benzene rings is 1. The number of aromatic nitrogens is 4. The first-order valence-corrected chi connectivity index (χ1v) is 8.38. The summed E-state index contributed by atoms with van der Waals surface area (Å²) in [6, 6.07) is 7.07. The maximum Gasteiger partial charge on any atom is 0.275 e. The van der Waals surface area contributed by atoms with E-state index in [1.54, 1.807) is 25.2 Å². The van der Waals surface area contributed by atoms with Crippen molar-refractivity contribution in [3.8, 4) is 0 Å². The Labute approximate surface area is 150 Å². The Morgan fingerprint density at radius 1 is 1.27 bits per heavy atom. The van der Waals surface area contributed by atoms with Crippen LogP contribution >= 0.6 is 0 Å². The molecular weight excluding hydrogens is 332 g/mol. The fourth-order valence-corrected chi connectivity index (χ4v) is 2.68. The Kier molecular flexibility index (Phi) is 4.50. The van der Waals surface area contributed by atoms with E-state index in [2.05, 4.69) is 20.6 Å². The van der Waals surface area contributed by atoms with Gasteiger partial charge in [0.15, 0.2) is 11.6 Å². The molecule has 8 nitrogen and oxygen atoms in total. The van der Waals surface area contributed by atoms with Crippen molar-refractivity contribution in [1.29, 1.82) is 0 Å². The maximum absolute atomic E-state index is 12.9. The SMILES string of the molecule is CC(=O)N(C)c1ccc2c(Nc3cc(C)[nH]n3)nn(C(C)C)c(=O)c2c1. The van der Waals surface area contributed by atoms with Crippen LogP contribution in [0.1, 0.15) is 32.5 Å². The minimum absolute atomic E-state index is 0.104. The number of aromatic amines is 1. The molecule has 2 N–H and O–H groups in total. The molecule has 1 amide bonds. The van der Waals surface area contributed by atoms with Crippen molar-refractivity contribution in [3.05, 3.63) is 40.3 Å². The zero-order valence-corrected chi connectivity index (χ0v) is 15.5. The normalized spacial score (nSPS) is 11.2. The number of carbonyl (C=O) groups is 1. The van der Waals surface area contributed by atoms with E-state index in [-0.39, 0.29) is 17.5 Å². The molecule has 2 aromatic heterocycles. The number of hydrogen-bond donors (Lipinski definition) is 2. The minimum atomic E-state index is -0.197. The molecule has 0 bridgehead atoms. The highest BCUT2D eigenvalue weighted by Gasteiger charge is 2.16. The summed E-state index contributed by atoms with van der Waals surface area (Å²) in [4.78, 5) is 26.0. The third-order valence-electron chi connectivity index (χ3n) is 4.21. The molecule has 0 saturated carbocycles. The van der Waals surface area contributed by atoms with Crippen LogP contribution in [0.2, 0.25) is 0 Å². The third-order valence-corrected chi connectivity index (χ3v) is 4.21. The average molecular weight is 354 g/mol. The van der Waals surface area contributed by atoms with Gasteiger partial charge < -0.3 is 10.2 Å². The first kappa shape index (κ1) is 17.7. The highest BCUT2D eigenvalue weighted by Crippen LogP contribution is 2.26. The lowest BCUT2D eigenvalue weighted by Crippen LogP contribution is -2.27. The van der Waals surface area contributed by atoms with Gasteiger partial charge in [0.1, 0.15) is 0 Å². The molecule has 0 spiro atoms. The number of nitrogens with zero attached hydrogens (tertiary/aromatic N) is 4. The van der Waals surface area contributed by atoms with Gasteiger partial charge in [-0.2, -0.15) is 10.2 Å². The quantitative estimate of drug-likeness (QED) is 0.751. The predicted molar refractivity (Wildman–Crippen MR) is 102 cm³/mol. The number of H-pyrrole nitrogens is 1. The molecular formula is C18H22N6O2. The highest BCUT2D eigenvalue weighted by atomic mass is 16.2. The molecule has 2 heterocycles. The van der Waals surface area contributed by atoms with E-state index in [0.29, 0.717) is 28.1 Å². The smallest absolute Gasteiger partial charge is 0.275 e. The third kappa shape index (κ3) is 3.17. The van der Waals surface area contributed by atoms with Gasteiger partial charge in [-0.1, -0.05) is 0 Å². The van der Waals surface area contributed by atoms with Gasteiger partial charge >= 0.3 is 0 Å². The van der Waals surface area contributed by atoms with Crippen LogP contribution in [-0.2, 0) is 4.79 Å². The summed E-state index contributed by atoms with van der Waals surface area (Å²) in [7, 11) is 1.68. The molecule has 0 aliphatic heterocycles. The summed E-state index contributed by atoms with van der Waals surface area (Å²) in [6.45, 7) is 7.18. The van der Waals surface area contributed by atoms with Crippen LogP contribution in [0.15, 0.2) is 29.1 Å². The van der Waals surface area contributed by atoms with Crippen LogP contribution in [0.4, 0.5) is 17.3 Å². The van der Waals surface area contributed by atoms with Gasteiger partial charge in [-0.15, -0.1) is 0 Å². The fraction of sp³-hybridized carbons (Fsp3) is 0.333. The largest absolute Gasteiger partial charge is 0.321 e. The number of carbonyl (C=O) groups excluding carboxylic acids is 1. The number of rotatable bonds is 4. The first-order chi connectivity index (χ1) is 12.3. The van der Waals surface area contributed by atoms with Gasteiger partial charge in [-0.25, -0.2) is 4.68 Å². The van der Waals surface area contributed by atoms with E-state index >= 15 is 0 Å². The highest BCUT2D eigenvalue weighted by molar-refractivity contribution is 5.98. The lowest BCUT2D eigenvalue weighted by atomic mass is 10.1. The lowest BCUT2D eigenvalue weighted by molar-refractivity contribution is -0.116. The lowest BCUT2D eigenvalue weighted by Gasteiger charge is -2.18. The van der Waals surface area contributed by atoms with Crippen molar-refractivity contribution < 1.29 is 4.79 Å². The second kappa shape index (κ2) is 6.62. The van der Waals surface area contributed by atoms with Crippen molar-refractivity contribution in [3.63, 3.8) is 0 Å². The molecule has 0 unspecified atom stereocenters. The van der Waals surface area contributed by atoms with Crippen LogP contribution < -0.4 is 15.8 Å². The molecule has 136 valence electrons. The molecule has 3 aromatic rings. The summed E-state index contributed by atoms with van der Waals surface area (Å²) in [5, 5.41) is 15.8. The maximum atomic E-state index is 12.9. The molecule has 3 rings (SSSR count). The van der Waals surface area contributed by atoms with Crippen LogP contribution in [0.3, 0.4) is 0 Å². The second-order valence-corrected chi connectivity index (χ2v) is 6.56. The van der Waals surface area contributed by atoms with Gasteiger partial charge in [-0.05, 0) is 39.0 Å². The monoisotopic (exact) mass is 354 g/mol. The summed E-state index contributed by atoms with van der Waals surface area (Å²) < 4.78 is 1.43. The Morgan fingerprint density at radius 3 is 2.58 bits per heavy atom. The van der Waals surface area contributed by atoms with E-state index in [1.165, 1.54) is 16.5 Å². The second-order valence-electron chi connectivity index (χ2n) is 6.56. The zero-order valence-electron chi connectivity index (χ0n) is 15.5. The van der Waals surface area contributed by atoms with Gasteiger partial charge in [0, 0.05) is 36.8 Å². The summed E-state index contributed by atoms with van der Waals surface area (Å²) in [5.41, 5.74) is 1.38. The number of anilines is 3. The topological polar surface area (TPSA) is 95.9 Å². The number of amides is 1. The van der Waals surface area contributed by atoms with Crippen LogP contribution in [0, 0.1) is 6.92 Å². The van der Waals surface area contributed by atoms with E-state index in [4.69, 9.17) is 0 Å². The van der Waals surface area contributed by atoms with Crippen molar-refractivity contribution in [2.75, 3.05) is 17.3 Å². The molecule has 1 aromatic carbocycles. The van der Waals surface area contributed by atoms with Gasteiger partial charge in [-0.3, -0.25) is 14.7 Å². The van der Waals surface area contributed by atoms with Gasteiger partial charge in [0.05, 0.1) is 11.4 Å². The standard InChI is InChI=1S/C18H22N6O2/c1-10(2)24-18(26)15-9-13(23(5)12(4)25)6-7-14(15)17(22-24)19-16-8-11(3)20-21-16/h6-10H,1-5H3,(H2,19,20,21,22). The van der Waals surface area contributed by atoms with E-state index in [9.17, 15) is 9.59 Å². The Bertz CT molecular complexity index is 1030. The number of aryl methyl sites for hydroxylation is 1. The van der Waals surface area contributed by atoms with Crippen molar-refractivity contribution >= 4 is 34.0 Å². The Balaban J connectivity index is 2.22. The van der Waals surface area contributed by atoms with Crippen molar-refractivity contribution in [1.82, 2.24) is 20.0 Å². The van der Waals surface area contributed by atoms with Gasteiger partial charge in [0.2, 0.25) is 5.91 Å². The molecule has 0 aliphatic rings. The zero-order chi connectivity index (χ0) is 19.0. The molecule has 0 fully saturated rings. The first-order valence-electron chi connectivity index (χ1n) is 8.38. The predicted octanol–water partition coefficient (Wildman–Crippen LogP) is 2.74. The van der Waals surface area contributed by atoms with E-state index in [1.807, 2.05) is 26.8 Å². The molecule has 0 saturated heterocycles. The Morgan fingerprint density at radius 2 is 2.00 bits per heavy atom. The number of nitrogens with one attached hydrogen (secondary N) is 2. The molecule has 8 heteroatoms. The molecule has 0 radical (unpaired) electrons. The summed E-state index contributed by atoms with van der Waals surface area (Å²) in [5.74, 6) is 1.06. The van der Waals surface area contributed by atoms with E-state index in [0.717, 1.165) is 5.69 Å². The van der Waals surface area contributed by atoms with Crippen molar-refractivity contribution in [2.45, 2.75) is 33.7 Å². The van der Waals surface area contributed by atoms with Crippen LogP contribution in [0.5, 0.6) is 0 Å². The number of hydrogen-bond acceptors (Lipinski definition) is 5. The van der Waals surface area contributed by atoms with Gasteiger partial charge in [0.25, 0.3) is 5.56 Å².